The minimum atomic E-state index is 0.192. The molecular formula is C19H31NO. The molecule has 0 radical (unpaired) electrons. The molecule has 0 heterocycles. The van der Waals surface area contributed by atoms with Gasteiger partial charge >= 0.3 is 0 Å². The molecule has 1 aromatic carbocycles. The zero-order valence-corrected chi connectivity index (χ0v) is 14.1. The topological polar surface area (TPSA) is 21.3 Å². The van der Waals surface area contributed by atoms with Gasteiger partial charge in [0.1, 0.15) is 5.75 Å². The minimum Gasteiger partial charge on any atom is -0.496 e. The number of hydrogen-bond acceptors (Lipinski definition) is 2. The zero-order valence-electron chi connectivity index (χ0n) is 14.1. The SMILES string of the molecule is COc1ccccc1CC(CNC(C)(C)C)C1CCCC1. The van der Waals surface area contributed by atoms with Crippen LogP contribution in [0.5, 0.6) is 5.75 Å². The number of nitrogens with one attached hydrogen (secondary N) is 1. The minimum absolute atomic E-state index is 0.192. The van der Waals surface area contributed by atoms with Crippen molar-refractivity contribution in [2.24, 2.45) is 11.8 Å². The lowest BCUT2D eigenvalue weighted by molar-refractivity contribution is 0.284. The van der Waals surface area contributed by atoms with Crippen molar-refractivity contribution in [1.82, 2.24) is 5.32 Å². The average molecular weight is 289 g/mol. The van der Waals surface area contributed by atoms with Crippen molar-refractivity contribution in [3.05, 3.63) is 29.8 Å². The molecule has 2 rings (SSSR count). The average Bonchev–Trinajstić information content (AvgIpc) is 2.97. The highest BCUT2D eigenvalue weighted by molar-refractivity contribution is 5.33. The summed E-state index contributed by atoms with van der Waals surface area (Å²) in [6.45, 7) is 7.86. The van der Waals surface area contributed by atoms with Gasteiger partial charge in [-0.1, -0.05) is 43.9 Å². The predicted molar refractivity (Wildman–Crippen MR) is 89.9 cm³/mol. The quantitative estimate of drug-likeness (QED) is 0.836. The Balaban J connectivity index is 2.07. The largest absolute Gasteiger partial charge is 0.496 e. The van der Waals surface area contributed by atoms with Crippen molar-refractivity contribution in [1.29, 1.82) is 0 Å². The van der Waals surface area contributed by atoms with Gasteiger partial charge in [-0.25, -0.2) is 0 Å². The summed E-state index contributed by atoms with van der Waals surface area (Å²) >= 11 is 0. The smallest absolute Gasteiger partial charge is 0.122 e. The van der Waals surface area contributed by atoms with E-state index in [1.807, 2.05) is 0 Å². The summed E-state index contributed by atoms with van der Waals surface area (Å²) in [5, 5.41) is 3.72. The first-order valence-corrected chi connectivity index (χ1v) is 8.36. The Labute approximate surface area is 130 Å². The van der Waals surface area contributed by atoms with Gasteiger partial charge in [0.05, 0.1) is 7.11 Å². The van der Waals surface area contributed by atoms with Gasteiger partial charge in [0, 0.05) is 5.54 Å². The third-order valence-electron chi connectivity index (χ3n) is 4.64. The van der Waals surface area contributed by atoms with Crippen LogP contribution >= 0.6 is 0 Å². The number of para-hydroxylation sites is 1. The molecular weight excluding hydrogens is 258 g/mol. The normalized spacial score (nSPS) is 17.9. The van der Waals surface area contributed by atoms with Crippen molar-refractivity contribution in [3.8, 4) is 5.75 Å². The van der Waals surface area contributed by atoms with Crippen LogP contribution in [0, 0.1) is 11.8 Å². The van der Waals surface area contributed by atoms with Crippen LogP contribution in [0.2, 0.25) is 0 Å². The molecule has 1 N–H and O–H groups in total. The van der Waals surface area contributed by atoms with E-state index >= 15 is 0 Å². The van der Waals surface area contributed by atoms with Crippen molar-refractivity contribution < 1.29 is 4.74 Å². The first-order chi connectivity index (χ1) is 9.99. The summed E-state index contributed by atoms with van der Waals surface area (Å²) in [6.07, 6.45) is 6.72. The van der Waals surface area contributed by atoms with Gasteiger partial charge in [0.25, 0.3) is 0 Å². The zero-order chi connectivity index (χ0) is 15.3. The number of hydrogen-bond donors (Lipinski definition) is 1. The van der Waals surface area contributed by atoms with Gasteiger partial charge in [-0.15, -0.1) is 0 Å². The summed E-state index contributed by atoms with van der Waals surface area (Å²) in [4.78, 5) is 0. The molecule has 0 amide bonds. The molecule has 1 fully saturated rings. The Hall–Kier alpha value is -1.02. The number of ether oxygens (including phenoxy) is 1. The molecule has 0 spiro atoms. The van der Waals surface area contributed by atoms with Gasteiger partial charge in [-0.3, -0.25) is 0 Å². The van der Waals surface area contributed by atoms with E-state index in [4.69, 9.17) is 4.74 Å². The maximum atomic E-state index is 5.53. The van der Waals surface area contributed by atoms with Gasteiger partial charge in [-0.2, -0.15) is 0 Å². The van der Waals surface area contributed by atoms with Crippen LogP contribution in [-0.2, 0) is 6.42 Å². The fourth-order valence-electron chi connectivity index (χ4n) is 3.43. The lowest BCUT2D eigenvalue weighted by Gasteiger charge is -2.29. The van der Waals surface area contributed by atoms with E-state index in [1.54, 1.807) is 7.11 Å². The van der Waals surface area contributed by atoms with E-state index in [1.165, 1.54) is 31.2 Å². The Bertz CT molecular complexity index is 429. The number of benzene rings is 1. The van der Waals surface area contributed by atoms with E-state index in [0.29, 0.717) is 5.92 Å². The number of rotatable bonds is 6. The van der Waals surface area contributed by atoms with Gasteiger partial charge in [0.15, 0.2) is 0 Å². The van der Waals surface area contributed by atoms with E-state index in [0.717, 1.165) is 24.6 Å². The second-order valence-electron chi connectivity index (χ2n) is 7.45. The highest BCUT2D eigenvalue weighted by Crippen LogP contribution is 2.34. The maximum absolute atomic E-state index is 5.53. The maximum Gasteiger partial charge on any atom is 0.122 e. The summed E-state index contributed by atoms with van der Waals surface area (Å²) in [6, 6.07) is 8.48. The standard InChI is InChI=1S/C19H31NO/c1-19(2,3)20-14-17(15-9-5-6-10-15)13-16-11-7-8-12-18(16)21-4/h7-8,11-12,15,17,20H,5-6,9-10,13-14H2,1-4H3. The molecule has 1 unspecified atom stereocenters. The van der Waals surface area contributed by atoms with Crippen LogP contribution in [0.1, 0.15) is 52.0 Å². The first-order valence-electron chi connectivity index (χ1n) is 8.36. The second-order valence-corrected chi connectivity index (χ2v) is 7.45. The molecule has 118 valence electrons. The summed E-state index contributed by atoms with van der Waals surface area (Å²) in [5.74, 6) is 2.61. The van der Waals surface area contributed by atoms with E-state index < -0.39 is 0 Å². The fourth-order valence-corrected chi connectivity index (χ4v) is 3.43. The molecule has 0 aliphatic heterocycles. The van der Waals surface area contributed by atoms with Crippen LogP contribution in [0.15, 0.2) is 24.3 Å². The molecule has 1 saturated carbocycles. The molecule has 0 saturated heterocycles. The van der Waals surface area contributed by atoms with Crippen molar-refractivity contribution in [2.45, 2.75) is 58.4 Å². The fraction of sp³-hybridized carbons (Fsp3) is 0.684. The Kier molecular flexibility index (Phi) is 5.69. The van der Waals surface area contributed by atoms with E-state index in [9.17, 15) is 0 Å². The molecule has 1 aliphatic rings. The predicted octanol–water partition coefficient (Wildman–Crippen LogP) is 4.43. The van der Waals surface area contributed by atoms with Gasteiger partial charge in [-0.05, 0) is 57.2 Å². The van der Waals surface area contributed by atoms with Crippen molar-refractivity contribution in [3.63, 3.8) is 0 Å². The van der Waals surface area contributed by atoms with Crippen LogP contribution in [0.4, 0.5) is 0 Å². The summed E-state index contributed by atoms with van der Waals surface area (Å²) < 4.78 is 5.53. The second kappa shape index (κ2) is 7.31. The molecule has 0 aromatic heterocycles. The lowest BCUT2D eigenvalue weighted by atomic mass is 9.84. The molecule has 1 atom stereocenters. The Morgan fingerprint density at radius 3 is 2.48 bits per heavy atom. The van der Waals surface area contributed by atoms with Crippen LogP contribution in [0.25, 0.3) is 0 Å². The summed E-state index contributed by atoms with van der Waals surface area (Å²) in [7, 11) is 1.77. The molecule has 0 bridgehead atoms. The highest BCUT2D eigenvalue weighted by Gasteiger charge is 2.27. The van der Waals surface area contributed by atoms with Gasteiger partial charge < -0.3 is 10.1 Å². The Morgan fingerprint density at radius 1 is 1.19 bits per heavy atom. The highest BCUT2D eigenvalue weighted by atomic mass is 16.5. The third-order valence-corrected chi connectivity index (χ3v) is 4.64. The molecule has 1 aliphatic carbocycles. The Morgan fingerprint density at radius 2 is 1.86 bits per heavy atom. The molecule has 2 heteroatoms. The van der Waals surface area contributed by atoms with Crippen LogP contribution in [-0.4, -0.2) is 19.2 Å². The van der Waals surface area contributed by atoms with Crippen LogP contribution < -0.4 is 10.1 Å². The van der Waals surface area contributed by atoms with Crippen LogP contribution in [0.3, 0.4) is 0 Å². The van der Waals surface area contributed by atoms with Crippen molar-refractivity contribution in [2.75, 3.05) is 13.7 Å². The molecule has 2 nitrogen and oxygen atoms in total. The van der Waals surface area contributed by atoms with E-state index in [-0.39, 0.29) is 5.54 Å². The van der Waals surface area contributed by atoms with E-state index in [2.05, 4.69) is 50.4 Å². The molecule has 21 heavy (non-hydrogen) atoms. The summed E-state index contributed by atoms with van der Waals surface area (Å²) in [5.41, 5.74) is 1.55. The molecule has 1 aromatic rings. The number of methoxy groups -OCH3 is 1. The van der Waals surface area contributed by atoms with Crippen molar-refractivity contribution >= 4 is 0 Å². The lowest BCUT2D eigenvalue weighted by Crippen LogP contribution is -2.41. The van der Waals surface area contributed by atoms with Gasteiger partial charge in [0.2, 0.25) is 0 Å². The first kappa shape index (κ1) is 16.4. The third kappa shape index (κ3) is 5.03. The monoisotopic (exact) mass is 289 g/mol.